The summed E-state index contributed by atoms with van der Waals surface area (Å²) in [6, 6.07) is 2.27. The largest absolute Gasteiger partial charge is 0.128 e. The van der Waals surface area contributed by atoms with Crippen LogP contribution in [-0.2, 0) is 0 Å². The maximum absolute atomic E-state index is 2.27. The van der Waals surface area contributed by atoms with Crippen LogP contribution in [-0.4, -0.2) is 18.8 Å². The first-order chi connectivity index (χ1) is 5.31. The van der Waals surface area contributed by atoms with E-state index in [2.05, 4.69) is 24.8 Å². The van der Waals surface area contributed by atoms with Crippen molar-refractivity contribution in [3.63, 3.8) is 0 Å². The van der Waals surface area contributed by atoms with Crippen LogP contribution in [0.3, 0.4) is 0 Å². The highest BCUT2D eigenvalue weighted by Gasteiger charge is 2.05. The van der Waals surface area contributed by atoms with Crippen LogP contribution in [0.25, 0.3) is 0 Å². The van der Waals surface area contributed by atoms with Gasteiger partial charge in [-0.05, 0) is 24.8 Å². The average Bonchev–Trinajstić information content (AvgIpc) is 2.46. The van der Waals surface area contributed by atoms with Gasteiger partial charge in [0.25, 0.3) is 0 Å². The fraction of sp³-hybridized carbons (Fsp3) is 0.429. The summed E-state index contributed by atoms with van der Waals surface area (Å²) >= 11 is 7.39. The Labute approximate surface area is 84.5 Å². The molecule has 0 atom stereocenters. The van der Waals surface area contributed by atoms with Crippen LogP contribution in [0, 0.1) is 0 Å². The molecule has 0 saturated carbocycles. The molecule has 0 radical (unpaired) electrons. The number of thioether (sulfide) groups is 3. The van der Waals surface area contributed by atoms with Crippen molar-refractivity contribution in [1.29, 1.82) is 0 Å². The molecule has 0 fully saturated rings. The van der Waals surface area contributed by atoms with Crippen molar-refractivity contribution in [2.45, 2.75) is 13.3 Å². The van der Waals surface area contributed by atoms with Crippen LogP contribution in [0.1, 0.15) is 0 Å². The van der Waals surface area contributed by atoms with E-state index in [-0.39, 0.29) is 0 Å². The molecule has 11 heavy (non-hydrogen) atoms. The normalized spacial score (nSPS) is 10.5. The molecule has 0 aromatic carbocycles. The smallest absolute Gasteiger partial charge is 0.0744 e. The van der Waals surface area contributed by atoms with Gasteiger partial charge in [-0.25, -0.2) is 0 Å². The molecular formula is C7H10S4. The minimum Gasteiger partial charge on any atom is -0.128 e. The third kappa shape index (κ3) is 2.34. The van der Waals surface area contributed by atoms with Gasteiger partial charge in [-0.1, -0.05) is 0 Å². The third-order valence-corrected chi connectivity index (χ3v) is 5.61. The topological polar surface area (TPSA) is 0 Å². The van der Waals surface area contributed by atoms with Gasteiger partial charge in [0, 0.05) is 4.90 Å². The lowest BCUT2D eigenvalue weighted by atomic mass is 10.7. The molecule has 0 unspecified atom stereocenters. The minimum atomic E-state index is 1.42. The molecule has 0 aliphatic carbocycles. The monoisotopic (exact) mass is 222 g/mol. The van der Waals surface area contributed by atoms with Crippen LogP contribution in [0.2, 0.25) is 0 Å². The summed E-state index contributed by atoms with van der Waals surface area (Å²) < 4.78 is 2.86. The summed E-state index contributed by atoms with van der Waals surface area (Å²) in [6.07, 6.45) is 6.39. The van der Waals surface area contributed by atoms with Crippen molar-refractivity contribution in [3.05, 3.63) is 6.07 Å². The molecule has 0 aliphatic heterocycles. The van der Waals surface area contributed by atoms with Crippen molar-refractivity contribution in [3.8, 4) is 0 Å². The Balaban J connectivity index is 2.92. The highest BCUT2D eigenvalue weighted by atomic mass is 32.2. The summed E-state index contributed by atoms with van der Waals surface area (Å²) in [7, 11) is 0. The zero-order valence-electron chi connectivity index (χ0n) is 6.71. The van der Waals surface area contributed by atoms with Gasteiger partial charge < -0.3 is 0 Å². The van der Waals surface area contributed by atoms with Gasteiger partial charge in [0.15, 0.2) is 0 Å². The highest BCUT2D eigenvalue weighted by molar-refractivity contribution is 8.04. The highest BCUT2D eigenvalue weighted by Crippen LogP contribution is 2.39. The Kier molecular flexibility index (Phi) is 4.20. The molecule has 4 heteroatoms. The Hall–Kier alpha value is 0.750. The second-order valence-corrected chi connectivity index (χ2v) is 5.91. The Bertz CT molecular complexity index is 207. The number of hydrogen-bond donors (Lipinski definition) is 0. The van der Waals surface area contributed by atoms with Crippen LogP contribution >= 0.6 is 46.6 Å². The number of thiophene rings is 1. The quantitative estimate of drug-likeness (QED) is 0.712. The number of rotatable bonds is 3. The van der Waals surface area contributed by atoms with Crippen LogP contribution in [0.4, 0.5) is 0 Å². The lowest BCUT2D eigenvalue weighted by Gasteiger charge is -1.91. The fourth-order valence-electron chi connectivity index (χ4n) is 0.722. The van der Waals surface area contributed by atoms with Crippen molar-refractivity contribution in [2.24, 2.45) is 0 Å². The van der Waals surface area contributed by atoms with E-state index in [1.54, 1.807) is 0 Å². The molecule has 1 aromatic heterocycles. The lowest BCUT2D eigenvalue weighted by Crippen LogP contribution is -1.62. The van der Waals surface area contributed by atoms with Gasteiger partial charge in [-0.15, -0.1) is 46.6 Å². The van der Waals surface area contributed by atoms with Gasteiger partial charge >= 0.3 is 0 Å². The van der Waals surface area contributed by atoms with E-state index < -0.39 is 0 Å². The van der Waals surface area contributed by atoms with Crippen molar-refractivity contribution in [2.75, 3.05) is 18.8 Å². The van der Waals surface area contributed by atoms with Gasteiger partial charge in [-0.3, -0.25) is 0 Å². The molecule has 0 aliphatic rings. The Morgan fingerprint density at radius 3 is 2.18 bits per heavy atom. The summed E-state index contributed by atoms with van der Waals surface area (Å²) in [5.41, 5.74) is 0. The van der Waals surface area contributed by atoms with Gasteiger partial charge in [0.1, 0.15) is 0 Å². The first-order valence-corrected chi connectivity index (χ1v) is 7.56. The third-order valence-electron chi connectivity index (χ3n) is 1.25. The molecule has 1 aromatic rings. The molecule has 1 rings (SSSR count). The van der Waals surface area contributed by atoms with Crippen molar-refractivity contribution >= 4 is 46.6 Å². The van der Waals surface area contributed by atoms with Crippen LogP contribution in [0.15, 0.2) is 19.4 Å². The van der Waals surface area contributed by atoms with E-state index in [0.717, 1.165) is 0 Å². The molecule has 0 bridgehead atoms. The molecule has 0 N–H and O–H groups in total. The number of hydrogen-bond acceptors (Lipinski definition) is 4. The molecule has 0 saturated heterocycles. The molecule has 0 nitrogen and oxygen atoms in total. The van der Waals surface area contributed by atoms with E-state index in [0.29, 0.717) is 0 Å². The SMILES string of the molecule is CSc1cc(SC)c(SC)s1. The Morgan fingerprint density at radius 2 is 1.82 bits per heavy atom. The van der Waals surface area contributed by atoms with Gasteiger partial charge in [0.2, 0.25) is 0 Å². The first kappa shape index (κ1) is 9.84. The van der Waals surface area contributed by atoms with Crippen molar-refractivity contribution < 1.29 is 0 Å². The maximum atomic E-state index is 2.27. The Morgan fingerprint density at radius 1 is 1.09 bits per heavy atom. The zero-order chi connectivity index (χ0) is 8.27. The summed E-state index contributed by atoms with van der Waals surface area (Å²) in [4.78, 5) is 1.42. The molecule has 0 amide bonds. The fourth-order valence-corrected chi connectivity index (χ4v) is 4.51. The summed E-state index contributed by atoms with van der Waals surface area (Å²) in [5.74, 6) is 0. The van der Waals surface area contributed by atoms with E-state index in [1.807, 2.05) is 46.6 Å². The second kappa shape index (κ2) is 4.70. The van der Waals surface area contributed by atoms with Crippen molar-refractivity contribution in [1.82, 2.24) is 0 Å². The van der Waals surface area contributed by atoms with E-state index in [1.165, 1.54) is 13.3 Å². The van der Waals surface area contributed by atoms with Crippen LogP contribution in [0.5, 0.6) is 0 Å². The predicted molar refractivity (Wildman–Crippen MR) is 59.7 cm³/mol. The first-order valence-electron chi connectivity index (χ1n) is 3.07. The predicted octanol–water partition coefficient (Wildman–Crippen LogP) is 3.91. The molecular weight excluding hydrogens is 212 g/mol. The van der Waals surface area contributed by atoms with E-state index in [4.69, 9.17) is 0 Å². The zero-order valence-corrected chi connectivity index (χ0v) is 9.98. The van der Waals surface area contributed by atoms with Crippen LogP contribution < -0.4 is 0 Å². The average molecular weight is 222 g/mol. The second-order valence-electron chi connectivity index (χ2n) is 1.83. The van der Waals surface area contributed by atoms with E-state index in [9.17, 15) is 0 Å². The maximum Gasteiger partial charge on any atom is 0.0744 e. The van der Waals surface area contributed by atoms with Gasteiger partial charge in [-0.2, -0.15) is 0 Å². The molecule has 62 valence electrons. The minimum absolute atomic E-state index is 1.42. The molecule has 1 heterocycles. The van der Waals surface area contributed by atoms with E-state index >= 15 is 0 Å². The standard InChI is InChI=1S/C7H10S4/c1-8-5-4-6(9-2)11-7(5)10-3/h4H,1-3H3. The molecule has 0 spiro atoms. The van der Waals surface area contributed by atoms with Gasteiger partial charge in [0.05, 0.1) is 8.42 Å². The summed E-state index contributed by atoms with van der Waals surface area (Å²) in [5, 5.41) is 0. The lowest BCUT2D eigenvalue weighted by molar-refractivity contribution is 1.38. The summed E-state index contributed by atoms with van der Waals surface area (Å²) in [6.45, 7) is 0.